The van der Waals surface area contributed by atoms with Gasteiger partial charge in [0.05, 0.1) is 0 Å². The second-order valence-corrected chi connectivity index (χ2v) is 4.08. The van der Waals surface area contributed by atoms with E-state index >= 15 is 0 Å². The Morgan fingerprint density at radius 2 is 2.33 bits per heavy atom. The number of furan rings is 1. The van der Waals surface area contributed by atoms with Crippen molar-refractivity contribution in [2.24, 2.45) is 5.92 Å². The Kier molecular flexibility index (Phi) is 2.62. The molecule has 15 heavy (non-hydrogen) atoms. The molecular formula is C12H14O3. The Balaban J connectivity index is 2.19. The molecule has 0 fully saturated rings. The van der Waals surface area contributed by atoms with Gasteiger partial charge in [0.1, 0.15) is 5.76 Å². The third-order valence-electron chi connectivity index (χ3n) is 2.81. The second kappa shape index (κ2) is 3.93. The molecule has 1 aromatic heterocycles. The molecule has 3 nitrogen and oxygen atoms in total. The lowest BCUT2D eigenvalue weighted by Crippen LogP contribution is -2.00. The Hall–Kier alpha value is -1.51. The normalized spacial score (nSPS) is 21.1. The van der Waals surface area contributed by atoms with Crippen molar-refractivity contribution in [3.63, 3.8) is 0 Å². The first kappa shape index (κ1) is 10.0. The molecule has 0 spiro atoms. The van der Waals surface area contributed by atoms with Gasteiger partial charge in [0.2, 0.25) is 5.76 Å². The molecule has 3 heteroatoms. The number of hydrogen-bond acceptors (Lipinski definition) is 2. The lowest BCUT2D eigenvalue weighted by molar-refractivity contribution is 0.0662. The molecule has 0 saturated carbocycles. The predicted octanol–water partition coefficient (Wildman–Crippen LogP) is 3.18. The number of hydrogen-bond donors (Lipinski definition) is 1. The predicted molar refractivity (Wildman–Crippen MR) is 56.7 cm³/mol. The van der Waals surface area contributed by atoms with E-state index in [1.165, 1.54) is 6.07 Å². The van der Waals surface area contributed by atoms with Crippen LogP contribution in [0.2, 0.25) is 0 Å². The van der Waals surface area contributed by atoms with Crippen molar-refractivity contribution in [1.29, 1.82) is 0 Å². The second-order valence-electron chi connectivity index (χ2n) is 4.08. The summed E-state index contributed by atoms with van der Waals surface area (Å²) in [6.45, 7) is 2.22. The van der Waals surface area contributed by atoms with Crippen LogP contribution in [0, 0.1) is 5.92 Å². The quantitative estimate of drug-likeness (QED) is 0.808. The Morgan fingerprint density at radius 3 is 2.87 bits per heavy atom. The van der Waals surface area contributed by atoms with Crippen molar-refractivity contribution < 1.29 is 14.3 Å². The fourth-order valence-corrected chi connectivity index (χ4v) is 1.81. The standard InChI is InChI=1S/C12H14O3/c1-8-2-4-9(5-3-8)10-6-7-11(15-10)12(13)14/h4,6-8H,2-3,5H2,1H3,(H,13,14). The van der Waals surface area contributed by atoms with Gasteiger partial charge in [-0.1, -0.05) is 13.0 Å². The maximum atomic E-state index is 10.6. The maximum Gasteiger partial charge on any atom is 0.371 e. The monoisotopic (exact) mass is 206 g/mol. The van der Waals surface area contributed by atoms with E-state index in [1.807, 2.05) is 0 Å². The molecule has 0 amide bonds. The van der Waals surface area contributed by atoms with Gasteiger partial charge in [-0.05, 0) is 42.9 Å². The van der Waals surface area contributed by atoms with Gasteiger partial charge in [0.15, 0.2) is 0 Å². The van der Waals surface area contributed by atoms with Gasteiger partial charge in [-0.2, -0.15) is 0 Å². The van der Waals surface area contributed by atoms with Crippen molar-refractivity contribution in [2.45, 2.75) is 26.2 Å². The average molecular weight is 206 g/mol. The molecule has 0 bridgehead atoms. The van der Waals surface area contributed by atoms with Crippen LogP contribution in [0.3, 0.4) is 0 Å². The minimum absolute atomic E-state index is 0.0181. The first-order chi connectivity index (χ1) is 7.16. The van der Waals surface area contributed by atoms with E-state index in [1.54, 1.807) is 6.07 Å². The van der Waals surface area contributed by atoms with E-state index in [2.05, 4.69) is 13.0 Å². The highest BCUT2D eigenvalue weighted by molar-refractivity contribution is 5.85. The van der Waals surface area contributed by atoms with Crippen molar-refractivity contribution >= 4 is 11.5 Å². The molecule has 2 rings (SSSR count). The number of rotatable bonds is 2. The molecule has 1 unspecified atom stereocenters. The van der Waals surface area contributed by atoms with E-state index in [-0.39, 0.29) is 5.76 Å². The maximum absolute atomic E-state index is 10.6. The zero-order chi connectivity index (χ0) is 10.8. The molecule has 0 aromatic carbocycles. The van der Waals surface area contributed by atoms with Crippen LogP contribution in [0.5, 0.6) is 0 Å². The van der Waals surface area contributed by atoms with E-state index in [0.29, 0.717) is 5.76 Å². The van der Waals surface area contributed by atoms with E-state index in [4.69, 9.17) is 9.52 Å². The topological polar surface area (TPSA) is 50.4 Å². The molecule has 1 heterocycles. The van der Waals surface area contributed by atoms with Gasteiger partial charge < -0.3 is 9.52 Å². The van der Waals surface area contributed by atoms with Crippen LogP contribution < -0.4 is 0 Å². The summed E-state index contributed by atoms with van der Waals surface area (Å²) >= 11 is 0. The summed E-state index contributed by atoms with van der Waals surface area (Å²) in [6.07, 6.45) is 5.33. The van der Waals surface area contributed by atoms with E-state index < -0.39 is 5.97 Å². The van der Waals surface area contributed by atoms with Crippen LogP contribution in [0.4, 0.5) is 0 Å². The van der Waals surface area contributed by atoms with Gasteiger partial charge in [0.25, 0.3) is 0 Å². The van der Waals surface area contributed by atoms with E-state index in [0.717, 1.165) is 30.8 Å². The van der Waals surface area contributed by atoms with Gasteiger partial charge in [-0.25, -0.2) is 4.79 Å². The number of allylic oxidation sites excluding steroid dienone is 2. The number of aromatic carboxylic acids is 1. The van der Waals surface area contributed by atoms with Gasteiger partial charge in [-0.3, -0.25) is 0 Å². The summed E-state index contributed by atoms with van der Waals surface area (Å²) < 4.78 is 5.25. The third kappa shape index (κ3) is 2.12. The van der Waals surface area contributed by atoms with E-state index in [9.17, 15) is 4.79 Å². The van der Waals surface area contributed by atoms with Gasteiger partial charge in [-0.15, -0.1) is 0 Å². The fraction of sp³-hybridized carbons (Fsp3) is 0.417. The van der Waals surface area contributed by atoms with Crippen LogP contribution in [0.1, 0.15) is 42.5 Å². The molecule has 0 saturated heterocycles. The van der Waals surface area contributed by atoms with Crippen molar-refractivity contribution in [2.75, 3.05) is 0 Å². The lowest BCUT2D eigenvalue weighted by Gasteiger charge is -2.16. The van der Waals surface area contributed by atoms with Crippen molar-refractivity contribution in [3.8, 4) is 0 Å². The molecule has 80 valence electrons. The SMILES string of the molecule is CC1CC=C(c2ccc(C(=O)O)o2)CC1. The fourth-order valence-electron chi connectivity index (χ4n) is 1.81. The molecule has 1 aliphatic carbocycles. The number of carboxylic acids is 1. The summed E-state index contributed by atoms with van der Waals surface area (Å²) in [7, 11) is 0. The van der Waals surface area contributed by atoms with Crippen molar-refractivity contribution in [1.82, 2.24) is 0 Å². The van der Waals surface area contributed by atoms with Crippen LogP contribution in [0.15, 0.2) is 22.6 Å². The summed E-state index contributed by atoms with van der Waals surface area (Å²) in [6, 6.07) is 3.25. The highest BCUT2D eigenvalue weighted by atomic mass is 16.4. The highest BCUT2D eigenvalue weighted by Gasteiger charge is 2.16. The smallest absolute Gasteiger partial charge is 0.371 e. The Morgan fingerprint density at radius 1 is 1.53 bits per heavy atom. The Bertz CT molecular complexity index is 401. The summed E-state index contributed by atoms with van der Waals surface area (Å²) in [5.74, 6) is 0.442. The lowest BCUT2D eigenvalue weighted by atomic mass is 9.90. The molecule has 1 N–H and O–H groups in total. The molecule has 1 atom stereocenters. The zero-order valence-corrected chi connectivity index (χ0v) is 8.69. The first-order valence-corrected chi connectivity index (χ1v) is 5.19. The molecular weight excluding hydrogens is 192 g/mol. The van der Waals surface area contributed by atoms with Crippen LogP contribution >= 0.6 is 0 Å². The first-order valence-electron chi connectivity index (χ1n) is 5.19. The summed E-state index contributed by atoms with van der Waals surface area (Å²) in [5, 5.41) is 8.73. The Labute approximate surface area is 88.4 Å². The molecule has 0 aliphatic heterocycles. The summed E-state index contributed by atoms with van der Waals surface area (Å²) in [4.78, 5) is 10.6. The molecule has 0 radical (unpaired) electrons. The number of carbonyl (C=O) groups is 1. The van der Waals surface area contributed by atoms with Crippen LogP contribution in [-0.2, 0) is 0 Å². The number of carboxylic acid groups (broad SMARTS) is 1. The van der Waals surface area contributed by atoms with Crippen LogP contribution in [-0.4, -0.2) is 11.1 Å². The largest absolute Gasteiger partial charge is 0.475 e. The average Bonchev–Trinajstić information content (AvgIpc) is 2.68. The van der Waals surface area contributed by atoms with Crippen LogP contribution in [0.25, 0.3) is 5.57 Å². The zero-order valence-electron chi connectivity index (χ0n) is 8.69. The molecule has 1 aromatic rings. The van der Waals surface area contributed by atoms with Gasteiger partial charge in [0, 0.05) is 0 Å². The third-order valence-corrected chi connectivity index (χ3v) is 2.81. The minimum Gasteiger partial charge on any atom is -0.475 e. The summed E-state index contributed by atoms with van der Waals surface area (Å²) in [5.41, 5.74) is 1.14. The minimum atomic E-state index is -1.01. The molecule has 1 aliphatic rings. The van der Waals surface area contributed by atoms with Crippen molar-refractivity contribution in [3.05, 3.63) is 29.7 Å². The van der Waals surface area contributed by atoms with Gasteiger partial charge >= 0.3 is 5.97 Å². The highest BCUT2D eigenvalue weighted by Crippen LogP contribution is 2.30.